The van der Waals surface area contributed by atoms with Crippen LogP contribution in [0.2, 0.25) is 0 Å². The van der Waals surface area contributed by atoms with Crippen molar-refractivity contribution in [1.29, 1.82) is 0 Å². The number of carbonyl (C=O) groups is 2. The summed E-state index contributed by atoms with van der Waals surface area (Å²) in [6.07, 6.45) is 9.07. The van der Waals surface area contributed by atoms with E-state index < -0.39 is 5.91 Å². The third-order valence-electron chi connectivity index (χ3n) is 11.0. The summed E-state index contributed by atoms with van der Waals surface area (Å²) in [7, 11) is 1.52. The van der Waals surface area contributed by atoms with Gasteiger partial charge in [-0.25, -0.2) is 15.0 Å². The monoisotopic (exact) mass is 668 g/mol. The molecule has 15 heteroatoms. The number of nitrogens with zero attached hydrogens (tertiary/aromatic N) is 9. The van der Waals surface area contributed by atoms with E-state index in [4.69, 9.17) is 9.84 Å². The molecule has 5 fully saturated rings. The number of amides is 2. The molecule has 4 saturated carbocycles. The second kappa shape index (κ2) is 11.2. The molecule has 0 unspecified atom stereocenters. The van der Waals surface area contributed by atoms with Crippen molar-refractivity contribution in [3.63, 3.8) is 0 Å². The van der Waals surface area contributed by atoms with Crippen LogP contribution >= 0.6 is 0 Å². The molecular formula is C34H40N10O5. The maximum atomic E-state index is 14.4. The third kappa shape index (κ3) is 5.00. The van der Waals surface area contributed by atoms with Gasteiger partial charge >= 0.3 is 0 Å². The van der Waals surface area contributed by atoms with Gasteiger partial charge in [0.25, 0.3) is 5.91 Å². The van der Waals surface area contributed by atoms with Crippen LogP contribution in [0.15, 0.2) is 29.5 Å². The lowest BCUT2D eigenvalue weighted by Gasteiger charge is -2.71. The van der Waals surface area contributed by atoms with Crippen molar-refractivity contribution in [2.75, 3.05) is 31.6 Å². The Hall–Kier alpha value is -5.08. The number of nitrogens with one attached hydrogen (secondary N) is 1. The van der Waals surface area contributed by atoms with Crippen LogP contribution in [0, 0.1) is 18.3 Å². The highest BCUT2D eigenvalue weighted by Crippen LogP contribution is 2.75. The molecule has 256 valence electrons. The first kappa shape index (κ1) is 31.2. The van der Waals surface area contributed by atoms with E-state index in [2.05, 4.69) is 25.4 Å². The first-order valence-corrected chi connectivity index (χ1v) is 17.0. The molecule has 2 amide bonds. The number of ether oxygens (including phenoxy) is 1. The van der Waals surface area contributed by atoms with Crippen LogP contribution in [-0.2, 0) is 17.8 Å². The van der Waals surface area contributed by atoms with Gasteiger partial charge in [0.2, 0.25) is 17.2 Å². The molecular weight excluding hydrogens is 628 g/mol. The first-order valence-electron chi connectivity index (χ1n) is 17.0. The molecule has 5 heterocycles. The number of aromatic nitrogens is 7. The lowest BCUT2D eigenvalue weighted by molar-refractivity contribution is -0.176. The maximum absolute atomic E-state index is 14.4. The van der Waals surface area contributed by atoms with Gasteiger partial charge in [0.15, 0.2) is 22.6 Å². The number of anilines is 1. The van der Waals surface area contributed by atoms with Crippen molar-refractivity contribution in [3.05, 3.63) is 52.0 Å². The number of aryl methyl sites for hydroxylation is 1. The van der Waals surface area contributed by atoms with Gasteiger partial charge in [0, 0.05) is 49.2 Å². The summed E-state index contributed by atoms with van der Waals surface area (Å²) in [5.74, 6) is 0.452. The van der Waals surface area contributed by atoms with Crippen LogP contribution in [0.4, 0.5) is 5.69 Å². The molecule has 49 heavy (non-hydrogen) atoms. The predicted octanol–water partition coefficient (Wildman–Crippen LogP) is 2.15. The lowest BCUT2D eigenvalue weighted by atomic mass is 9.37. The minimum absolute atomic E-state index is 0.0101. The largest absolute Gasteiger partial charge is 0.504 e. The zero-order valence-electron chi connectivity index (χ0n) is 28.1. The average molecular weight is 669 g/mol. The zero-order chi connectivity index (χ0) is 34.2. The Morgan fingerprint density at radius 1 is 1.12 bits per heavy atom. The van der Waals surface area contributed by atoms with Gasteiger partial charge in [0.05, 0.1) is 18.5 Å². The Morgan fingerprint density at radius 3 is 2.59 bits per heavy atom. The highest BCUT2D eigenvalue weighted by molar-refractivity contribution is 5.95. The minimum atomic E-state index is -0.400. The van der Waals surface area contributed by atoms with E-state index in [1.165, 1.54) is 31.1 Å². The van der Waals surface area contributed by atoms with Gasteiger partial charge in [-0.2, -0.15) is 0 Å². The second-order valence-electron chi connectivity index (χ2n) is 14.2. The van der Waals surface area contributed by atoms with Gasteiger partial charge in [-0.05, 0) is 69.8 Å². The average Bonchev–Trinajstić information content (AvgIpc) is 3.80. The number of pyridine rings is 2. The van der Waals surface area contributed by atoms with Gasteiger partial charge in [-0.3, -0.25) is 14.4 Å². The molecule has 2 N–H and O–H groups in total. The summed E-state index contributed by atoms with van der Waals surface area (Å²) in [4.78, 5) is 58.8. The van der Waals surface area contributed by atoms with Crippen molar-refractivity contribution in [3.8, 4) is 17.3 Å². The Morgan fingerprint density at radius 2 is 1.90 bits per heavy atom. The fraction of sp³-hybridized carbons (Fsp3) is 0.529. The second-order valence-corrected chi connectivity index (χ2v) is 14.2. The Kier molecular flexibility index (Phi) is 7.16. The van der Waals surface area contributed by atoms with E-state index in [9.17, 15) is 19.5 Å². The highest BCUT2D eigenvalue weighted by atomic mass is 16.5. The van der Waals surface area contributed by atoms with Crippen LogP contribution < -0.4 is 20.4 Å². The van der Waals surface area contributed by atoms with E-state index in [0.29, 0.717) is 65.8 Å². The molecule has 4 aromatic rings. The zero-order valence-corrected chi connectivity index (χ0v) is 28.1. The summed E-state index contributed by atoms with van der Waals surface area (Å²) in [6.45, 7) is 6.45. The van der Waals surface area contributed by atoms with Gasteiger partial charge in [0.1, 0.15) is 18.6 Å². The quantitative estimate of drug-likeness (QED) is 0.268. The molecule has 2 bridgehead atoms. The molecule has 4 aliphatic carbocycles. The van der Waals surface area contributed by atoms with Crippen molar-refractivity contribution in [2.24, 2.45) is 11.3 Å². The van der Waals surface area contributed by atoms with E-state index in [1.54, 1.807) is 30.2 Å². The highest BCUT2D eigenvalue weighted by Gasteiger charge is 2.72. The summed E-state index contributed by atoms with van der Waals surface area (Å²) < 4.78 is 7.13. The molecule has 0 radical (unpaired) electrons. The first-order chi connectivity index (χ1) is 23.5. The SMILES string of the molecule is CCc1c(N2CCN(C(=O)c3ncnc(C)c3O)[C@H](C)C2)c(=O)c2nn(-c3ccnc(OC)c3)nc2n1CC(=O)NC12CC(C3CC3)(C1)C2. The molecule has 0 aromatic carbocycles. The van der Waals surface area contributed by atoms with Crippen molar-refractivity contribution in [2.45, 2.75) is 77.4 Å². The van der Waals surface area contributed by atoms with E-state index in [1.807, 2.05) is 23.3 Å². The predicted molar refractivity (Wildman–Crippen MR) is 178 cm³/mol. The maximum Gasteiger partial charge on any atom is 0.276 e. The number of carbonyl (C=O) groups excluding carboxylic acids is 2. The number of aromatic hydroxyl groups is 1. The fourth-order valence-corrected chi connectivity index (χ4v) is 8.56. The van der Waals surface area contributed by atoms with Crippen LogP contribution in [0.1, 0.15) is 67.8 Å². The van der Waals surface area contributed by atoms with Crippen LogP contribution in [0.25, 0.3) is 16.9 Å². The summed E-state index contributed by atoms with van der Waals surface area (Å²) >= 11 is 0. The number of rotatable bonds is 9. The third-order valence-corrected chi connectivity index (χ3v) is 11.0. The molecule has 1 aliphatic heterocycles. The molecule has 0 spiro atoms. The van der Waals surface area contributed by atoms with Crippen LogP contribution in [-0.4, -0.2) is 94.7 Å². The Balaban J connectivity index is 1.14. The van der Waals surface area contributed by atoms with Crippen molar-refractivity contribution in [1.82, 2.24) is 44.7 Å². The molecule has 15 nitrogen and oxygen atoms in total. The van der Waals surface area contributed by atoms with Crippen LogP contribution in [0.3, 0.4) is 0 Å². The smallest absolute Gasteiger partial charge is 0.276 e. The van der Waals surface area contributed by atoms with Crippen molar-refractivity contribution < 1.29 is 19.4 Å². The molecule has 5 aliphatic rings. The van der Waals surface area contributed by atoms with Gasteiger partial charge in [-0.15, -0.1) is 15.0 Å². The number of methoxy groups -OCH3 is 1. The normalized spacial score (nSPS) is 24.4. The molecule has 9 rings (SSSR count). The molecule has 1 atom stereocenters. The number of fused-ring (bicyclic) bond motifs is 1. The minimum Gasteiger partial charge on any atom is -0.504 e. The Labute approximate surface area is 282 Å². The number of hydrogen-bond acceptors (Lipinski definition) is 11. The van der Waals surface area contributed by atoms with E-state index in [-0.39, 0.29) is 46.4 Å². The van der Waals surface area contributed by atoms with Crippen LogP contribution in [0.5, 0.6) is 11.6 Å². The summed E-state index contributed by atoms with van der Waals surface area (Å²) in [5.41, 5.74) is 2.44. The molecule has 4 aromatic heterocycles. The summed E-state index contributed by atoms with van der Waals surface area (Å²) in [5, 5.41) is 23.2. The van der Waals surface area contributed by atoms with E-state index in [0.717, 1.165) is 25.2 Å². The standard InChI is InChI=1S/C34H40N10O5/c1-5-23-28(41-10-11-42(19(2)13-41)32(48)27-29(46)20(3)36-18-37-27)30(47)26-31(40-44(39-26)22-8-9-35-25(12-22)49-4)43(23)14-24(45)38-34-15-33(16-34,17-34)21-6-7-21/h8-9,12,18-19,21,46H,5-7,10-11,13-17H2,1-4H3,(H,38,45)/t19-,33?,34?/m1/s1. The van der Waals surface area contributed by atoms with Gasteiger partial charge < -0.3 is 29.5 Å². The van der Waals surface area contributed by atoms with Crippen molar-refractivity contribution >= 4 is 28.7 Å². The summed E-state index contributed by atoms with van der Waals surface area (Å²) in [6, 6.07) is 3.07. The fourth-order valence-electron chi connectivity index (χ4n) is 8.56. The Bertz CT molecular complexity index is 2050. The van der Waals surface area contributed by atoms with Gasteiger partial charge in [-0.1, -0.05) is 6.92 Å². The molecule has 1 saturated heterocycles. The topological polar surface area (TPSA) is 173 Å². The van der Waals surface area contributed by atoms with E-state index >= 15 is 0 Å². The lowest BCUT2D eigenvalue weighted by Crippen LogP contribution is -2.75. The number of piperazine rings is 1. The number of hydrogen-bond donors (Lipinski definition) is 2.